The summed E-state index contributed by atoms with van der Waals surface area (Å²) in [7, 11) is 0. The second-order valence-corrected chi connectivity index (χ2v) is 8.34. The number of carbonyl (C=O) groups excluding carboxylic acids is 1. The zero-order chi connectivity index (χ0) is 21.5. The van der Waals surface area contributed by atoms with Gasteiger partial charge < -0.3 is 5.11 Å². The molecule has 154 valence electrons. The fraction of sp³-hybridized carbons (Fsp3) is 0.304. The van der Waals surface area contributed by atoms with Crippen molar-refractivity contribution in [3.8, 4) is 11.1 Å². The Kier molecular flexibility index (Phi) is 3.70. The highest BCUT2D eigenvalue weighted by molar-refractivity contribution is 5.99. The number of alkyl halides is 3. The monoisotopic (exact) mass is 413 g/mol. The maximum atomic E-state index is 13.4. The number of carbonyl (C=O) groups is 1. The third-order valence-corrected chi connectivity index (χ3v) is 6.76. The number of ketones is 1. The van der Waals surface area contributed by atoms with Crippen molar-refractivity contribution in [2.75, 3.05) is 0 Å². The standard InChI is InChI=1S/C23H18F3NO3/c1-21-12-17-19(13-5-3-2-4-6-13)16-11-14(23(24,25)26)7-8-15(16)20(29)27(17)22(21,30)10-9-18(21)28/h2-8,11,30H,9-10,12H2,1H3/t21-,22-/m0/s1. The summed E-state index contributed by atoms with van der Waals surface area (Å²) in [5, 5.41) is 11.7. The van der Waals surface area contributed by atoms with Gasteiger partial charge in [0.1, 0.15) is 5.78 Å². The third kappa shape index (κ3) is 2.27. The molecule has 1 aliphatic carbocycles. The predicted octanol–water partition coefficient (Wildman–Crippen LogP) is 4.26. The second kappa shape index (κ2) is 5.82. The molecular weight excluding hydrogens is 395 g/mol. The first-order valence-electron chi connectivity index (χ1n) is 9.68. The molecule has 1 fully saturated rings. The molecule has 2 aliphatic rings. The van der Waals surface area contributed by atoms with Crippen LogP contribution in [-0.2, 0) is 23.1 Å². The van der Waals surface area contributed by atoms with Crippen molar-refractivity contribution in [1.29, 1.82) is 0 Å². The Hall–Kier alpha value is -2.93. The highest BCUT2D eigenvalue weighted by Crippen LogP contribution is 2.55. The molecule has 30 heavy (non-hydrogen) atoms. The summed E-state index contributed by atoms with van der Waals surface area (Å²) in [5.41, 5.74) is -2.82. The largest absolute Gasteiger partial charge is 0.416 e. The van der Waals surface area contributed by atoms with E-state index in [0.717, 1.165) is 18.2 Å². The van der Waals surface area contributed by atoms with Gasteiger partial charge in [-0.25, -0.2) is 0 Å². The molecule has 7 heteroatoms. The van der Waals surface area contributed by atoms with E-state index in [-0.39, 0.29) is 35.8 Å². The van der Waals surface area contributed by atoms with Crippen LogP contribution in [0.25, 0.3) is 21.9 Å². The minimum absolute atomic E-state index is 0.0858. The van der Waals surface area contributed by atoms with Gasteiger partial charge in [-0.2, -0.15) is 13.2 Å². The van der Waals surface area contributed by atoms with Gasteiger partial charge >= 0.3 is 6.18 Å². The lowest BCUT2D eigenvalue weighted by molar-refractivity contribution is -0.142. The van der Waals surface area contributed by atoms with Crippen LogP contribution >= 0.6 is 0 Å². The van der Waals surface area contributed by atoms with Crippen LogP contribution in [0.5, 0.6) is 0 Å². The van der Waals surface area contributed by atoms with Crippen LogP contribution in [0.1, 0.15) is 31.0 Å². The van der Waals surface area contributed by atoms with Crippen LogP contribution in [0.15, 0.2) is 53.3 Å². The number of fused-ring (bicyclic) bond motifs is 4. The Morgan fingerprint density at radius 1 is 1.03 bits per heavy atom. The first-order chi connectivity index (χ1) is 14.1. The summed E-state index contributed by atoms with van der Waals surface area (Å²) in [5.74, 6) is -0.146. The quantitative estimate of drug-likeness (QED) is 0.649. The van der Waals surface area contributed by atoms with Gasteiger partial charge in [-0.05, 0) is 36.1 Å². The molecule has 1 aromatic heterocycles. The topological polar surface area (TPSA) is 59.3 Å². The number of rotatable bonds is 1. The zero-order valence-corrected chi connectivity index (χ0v) is 16.1. The average Bonchev–Trinajstić information content (AvgIpc) is 3.07. The van der Waals surface area contributed by atoms with E-state index in [0.29, 0.717) is 16.8 Å². The van der Waals surface area contributed by atoms with Crippen molar-refractivity contribution < 1.29 is 23.1 Å². The van der Waals surface area contributed by atoms with Crippen molar-refractivity contribution in [2.24, 2.45) is 5.41 Å². The van der Waals surface area contributed by atoms with Crippen LogP contribution in [0.3, 0.4) is 0 Å². The highest BCUT2D eigenvalue weighted by Gasteiger charge is 2.63. The van der Waals surface area contributed by atoms with Crippen molar-refractivity contribution in [3.63, 3.8) is 0 Å². The molecule has 1 saturated carbocycles. The van der Waals surface area contributed by atoms with E-state index in [1.165, 1.54) is 4.57 Å². The SMILES string of the molecule is C[C@@]12Cc3c(-c4ccccc4)c4cc(C(F)(F)F)ccc4c(=O)n3[C@]1(O)CCC2=O. The number of hydrogen-bond acceptors (Lipinski definition) is 3. The summed E-state index contributed by atoms with van der Waals surface area (Å²) >= 11 is 0. The molecular formula is C23H18F3NO3. The third-order valence-electron chi connectivity index (χ3n) is 6.76. The summed E-state index contributed by atoms with van der Waals surface area (Å²) in [6.07, 6.45) is -4.21. The molecule has 0 bridgehead atoms. The molecule has 0 saturated heterocycles. The molecule has 0 amide bonds. The molecule has 4 nitrogen and oxygen atoms in total. The zero-order valence-electron chi connectivity index (χ0n) is 16.1. The molecule has 1 aliphatic heterocycles. The number of Topliss-reactive ketones (excluding diaryl/α,β-unsaturated/α-hetero) is 1. The Morgan fingerprint density at radius 2 is 1.73 bits per heavy atom. The van der Waals surface area contributed by atoms with E-state index in [1.807, 2.05) is 0 Å². The van der Waals surface area contributed by atoms with E-state index in [1.54, 1.807) is 37.3 Å². The molecule has 3 aromatic rings. The van der Waals surface area contributed by atoms with Gasteiger partial charge in [-0.3, -0.25) is 14.2 Å². The van der Waals surface area contributed by atoms with Crippen LogP contribution in [0.4, 0.5) is 13.2 Å². The number of halogens is 3. The Labute approximate surface area is 169 Å². The minimum atomic E-state index is -4.56. The summed E-state index contributed by atoms with van der Waals surface area (Å²) in [6, 6.07) is 11.8. The lowest BCUT2D eigenvalue weighted by atomic mass is 9.79. The lowest BCUT2D eigenvalue weighted by Crippen LogP contribution is -2.47. The Balaban J connectivity index is 1.95. The summed E-state index contributed by atoms with van der Waals surface area (Å²) < 4.78 is 41.5. The van der Waals surface area contributed by atoms with Gasteiger partial charge in [0.15, 0.2) is 5.72 Å². The van der Waals surface area contributed by atoms with Crippen LogP contribution in [0, 0.1) is 5.41 Å². The first-order valence-corrected chi connectivity index (χ1v) is 9.68. The Morgan fingerprint density at radius 3 is 2.40 bits per heavy atom. The van der Waals surface area contributed by atoms with Gasteiger partial charge in [0.05, 0.1) is 11.0 Å². The van der Waals surface area contributed by atoms with Crippen molar-refractivity contribution in [2.45, 2.75) is 38.1 Å². The molecule has 2 aromatic carbocycles. The number of aliphatic hydroxyl groups is 1. The number of nitrogens with zero attached hydrogens (tertiary/aromatic N) is 1. The van der Waals surface area contributed by atoms with Gasteiger partial charge in [0.25, 0.3) is 5.56 Å². The molecule has 0 radical (unpaired) electrons. The maximum absolute atomic E-state index is 13.4. The Bertz CT molecular complexity index is 1280. The number of aromatic nitrogens is 1. The fourth-order valence-corrected chi connectivity index (χ4v) is 5.11. The molecule has 2 atom stereocenters. The molecule has 5 rings (SSSR count). The lowest BCUT2D eigenvalue weighted by Gasteiger charge is -2.32. The smallest absolute Gasteiger partial charge is 0.369 e. The normalized spacial score (nSPS) is 25.6. The van der Waals surface area contributed by atoms with E-state index in [2.05, 4.69) is 0 Å². The maximum Gasteiger partial charge on any atom is 0.416 e. The molecule has 1 N–H and O–H groups in total. The van der Waals surface area contributed by atoms with Gasteiger partial charge in [0, 0.05) is 35.9 Å². The van der Waals surface area contributed by atoms with E-state index >= 15 is 0 Å². The van der Waals surface area contributed by atoms with Crippen LogP contribution in [0.2, 0.25) is 0 Å². The summed E-state index contributed by atoms with van der Waals surface area (Å²) in [4.78, 5) is 26.0. The van der Waals surface area contributed by atoms with E-state index in [4.69, 9.17) is 0 Å². The van der Waals surface area contributed by atoms with E-state index in [9.17, 15) is 27.9 Å². The number of hydrogen-bond donors (Lipinski definition) is 1. The van der Waals surface area contributed by atoms with Gasteiger partial charge in [-0.1, -0.05) is 30.3 Å². The van der Waals surface area contributed by atoms with Gasteiger partial charge in [0.2, 0.25) is 0 Å². The first kappa shape index (κ1) is 19.1. The van der Waals surface area contributed by atoms with Crippen molar-refractivity contribution in [1.82, 2.24) is 4.57 Å². The number of pyridine rings is 1. The minimum Gasteiger partial charge on any atom is -0.369 e. The molecule has 0 unspecified atom stereocenters. The predicted molar refractivity (Wildman–Crippen MR) is 105 cm³/mol. The second-order valence-electron chi connectivity index (χ2n) is 8.34. The van der Waals surface area contributed by atoms with Crippen molar-refractivity contribution >= 4 is 16.6 Å². The van der Waals surface area contributed by atoms with Crippen LogP contribution in [-0.4, -0.2) is 15.5 Å². The fourth-order valence-electron chi connectivity index (χ4n) is 5.11. The summed E-state index contributed by atoms with van der Waals surface area (Å²) in [6.45, 7) is 1.63. The molecule has 0 spiro atoms. The van der Waals surface area contributed by atoms with E-state index < -0.39 is 28.4 Å². The molecule has 2 heterocycles. The van der Waals surface area contributed by atoms with Gasteiger partial charge in [-0.15, -0.1) is 0 Å². The number of benzene rings is 2. The van der Waals surface area contributed by atoms with Crippen LogP contribution < -0.4 is 5.56 Å². The average molecular weight is 413 g/mol. The van der Waals surface area contributed by atoms with Crippen molar-refractivity contribution in [3.05, 3.63) is 70.1 Å². The highest BCUT2D eigenvalue weighted by atomic mass is 19.4.